The molecule has 0 aliphatic heterocycles. The number of nitrogens with one attached hydrogen (secondary N) is 1. The van der Waals surface area contributed by atoms with Gasteiger partial charge >= 0.3 is 0 Å². The molecule has 0 unspecified atom stereocenters. The molecule has 0 aliphatic rings. The van der Waals surface area contributed by atoms with Crippen LogP contribution in [-0.2, 0) is 4.74 Å². The van der Waals surface area contributed by atoms with Gasteiger partial charge in [0.1, 0.15) is 5.82 Å². The third-order valence-electron chi connectivity index (χ3n) is 2.43. The molecule has 0 atom stereocenters. The quantitative estimate of drug-likeness (QED) is 0.552. The fourth-order valence-corrected chi connectivity index (χ4v) is 2.21. The lowest BCUT2D eigenvalue weighted by molar-refractivity contribution is 0.205. The lowest BCUT2D eigenvalue weighted by atomic mass is 10.2. The summed E-state index contributed by atoms with van der Waals surface area (Å²) >= 11 is 1.39. The van der Waals surface area contributed by atoms with Crippen molar-refractivity contribution < 1.29 is 4.74 Å². The highest BCUT2D eigenvalue weighted by molar-refractivity contribution is 7.09. The highest BCUT2D eigenvalue weighted by Gasteiger charge is 2.14. The van der Waals surface area contributed by atoms with Crippen LogP contribution >= 0.6 is 11.5 Å². The molecular formula is C11H21N5OS. The minimum absolute atomic E-state index is 0.186. The van der Waals surface area contributed by atoms with E-state index in [1.807, 2.05) is 0 Å². The van der Waals surface area contributed by atoms with E-state index in [1.165, 1.54) is 11.5 Å². The van der Waals surface area contributed by atoms with Crippen LogP contribution in [0.2, 0.25) is 0 Å². The summed E-state index contributed by atoms with van der Waals surface area (Å²) in [6, 6.07) is 0. The summed E-state index contributed by atoms with van der Waals surface area (Å²) in [5.74, 6) is 1.37. The molecule has 1 aromatic rings. The molecule has 0 bridgehead atoms. The number of amidine groups is 1. The van der Waals surface area contributed by atoms with Gasteiger partial charge in [0.15, 0.2) is 0 Å². The van der Waals surface area contributed by atoms with Gasteiger partial charge in [-0.05, 0) is 0 Å². The average molecular weight is 271 g/mol. The molecule has 0 saturated carbocycles. The van der Waals surface area contributed by atoms with E-state index in [9.17, 15) is 0 Å². The van der Waals surface area contributed by atoms with E-state index in [4.69, 9.17) is 15.9 Å². The third kappa shape index (κ3) is 4.58. The van der Waals surface area contributed by atoms with Gasteiger partial charge in [0.25, 0.3) is 0 Å². The van der Waals surface area contributed by atoms with E-state index in [1.54, 1.807) is 7.11 Å². The van der Waals surface area contributed by atoms with Crippen LogP contribution in [0.5, 0.6) is 0 Å². The van der Waals surface area contributed by atoms with Crippen molar-refractivity contribution in [3.8, 4) is 0 Å². The van der Waals surface area contributed by atoms with Gasteiger partial charge in [-0.25, -0.2) is 4.98 Å². The Labute approximate surface area is 112 Å². The predicted molar refractivity (Wildman–Crippen MR) is 74.6 cm³/mol. The van der Waals surface area contributed by atoms with Crippen LogP contribution in [0.25, 0.3) is 0 Å². The number of nitrogens with two attached hydrogens (primary N) is 1. The number of ether oxygens (including phenoxy) is 1. The zero-order chi connectivity index (χ0) is 13.5. The first kappa shape index (κ1) is 14.8. The highest BCUT2D eigenvalue weighted by atomic mass is 32.1. The average Bonchev–Trinajstić information content (AvgIpc) is 2.78. The maximum atomic E-state index is 7.29. The summed E-state index contributed by atoms with van der Waals surface area (Å²) in [5, 5.41) is 8.16. The van der Waals surface area contributed by atoms with Crippen LogP contribution in [0.3, 0.4) is 0 Å². The van der Waals surface area contributed by atoms with Gasteiger partial charge in [-0.2, -0.15) is 4.37 Å². The van der Waals surface area contributed by atoms with E-state index < -0.39 is 0 Å². The molecular weight excluding hydrogens is 250 g/mol. The van der Waals surface area contributed by atoms with Gasteiger partial charge in [-0.3, -0.25) is 5.41 Å². The number of anilines is 1. The van der Waals surface area contributed by atoms with Gasteiger partial charge in [0.05, 0.1) is 12.4 Å². The zero-order valence-corrected chi connectivity index (χ0v) is 12.0. The maximum Gasteiger partial charge on any atom is 0.205 e. The second kappa shape index (κ2) is 7.27. The Morgan fingerprint density at radius 3 is 2.72 bits per heavy atom. The minimum atomic E-state index is 0.186. The van der Waals surface area contributed by atoms with Crippen LogP contribution in [0.4, 0.5) is 5.13 Å². The molecule has 3 N–H and O–H groups in total. The molecule has 0 aliphatic carbocycles. The SMILES string of the molecule is COCCN(CCC(=N)N)c1nc(C(C)C)ns1. The fraction of sp³-hybridized carbons (Fsp3) is 0.727. The number of hydrogen-bond acceptors (Lipinski definition) is 6. The Morgan fingerprint density at radius 2 is 2.22 bits per heavy atom. The number of rotatable bonds is 8. The number of hydrogen-bond donors (Lipinski definition) is 2. The second-order valence-corrected chi connectivity index (χ2v) is 5.08. The number of aromatic nitrogens is 2. The topological polar surface area (TPSA) is 88.1 Å². The first-order valence-electron chi connectivity index (χ1n) is 5.95. The van der Waals surface area contributed by atoms with Crippen molar-refractivity contribution in [1.29, 1.82) is 5.41 Å². The zero-order valence-electron chi connectivity index (χ0n) is 11.1. The van der Waals surface area contributed by atoms with Gasteiger partial charge in [-0.15, -0.1) is 0 Å². The highest BCUT2D eigenvalue weighted by Crippen LogP contribution is 2.21. The smallest absolute Gasteiger partial charge is 0.205 e. The van der Waals surface area contributed by atoms with Crippen molar-refractivity contribution in [2.45, 2.75) is 26.2 Å². The Hall–Kier alpha value is -1.21. The predicted octanol–water partition coefficient (Wildman–Crippen LogP) is 1.44. The normalized spacial score (nSPS) is 10.9. The summed E-state index contributed by atoms with van der Waals surface area (Å²) in [7, 11) is 1.67. The van der Waals surface area contributed by atoms with E-state index in [2.05, 4.69) is 28.1 Å². The van der Waals surface area contributed by atoms with Gasteiger partial charge < -0.3 is 15.4 Å². The lowest BCUT2D eigenvalue weighted by Gasteiger charge is -2.20. The van der Waals surface area contributed by atoms with Crippen molar-refractivity contribution in [3.63, 3.8) is 0 Å². The van der Waals surface area contributed by atoms with Crippen molar-refractivity contribution in [3.05, 3.63) is 5.82 Å². The van der Waals surface area contributed by atoms with Crippen molar-refractivity contribution in [2.24, 2.45) is 5.73 Å². The van der Waals surface area contributed by atoms with Crippen molar-refractivity contribution >= 4 is 22.5 Å². The Morgan fingerprint density at radius 1 is 1.50 bits per heavy atom. The molecule has 0 amide bonds. The van der Waals surface area contributed by atoms with Crippen molar-refractivity contribution in [2.75, 3.05) is 31.7 Å². The lowest BCUT2D eigenvalue weighted by Crippen LogP contribution is -2.30. The van der Waals surface area contributed by atoms with E-state index in [-0.39, 0.29) is 5.84 Å². The molecule has 6 nitrogen and oxygen atoms in total. The Bertz CT molecular complexity index is 379. The van der Waals surface area contributed by atoms with Crippen LogP contribution in [-0.4, -0.2) is 42.0 Å². The molecule has 7 heteroatoms. The summed E-state index contributed by atoms with van der Waals surface area (Å²) < 4.78 is 9.42. The molecule has 1 heterocycles. The van der Waals surface area contributed by atoms with Crippen LogP contribution in [0, 0.1) is 5.41 Å². The molecule has 1 aromatic heterocycles. The molecule has 0 fully saturated rings. The molecule has 0 spiro atoms. The molecule has 0 radical (unpaired) electrons. The number of methoxy groups -OCH3 is 1. The minimum Gasteiger partial charge on any atom is -0.388 e. The van der Waals surface area contributed by atoms with Gasteiger partial charge in [0.2, 0.25) is 5.13 Å². The molecule has 18 heavy (non-hydrogen) atoms. The Kier molecular flexibility index (Phi) is 6.00. The van der Waals surface area contributed by atoms with Gasteiger partial charge in [-0.1, -0.05) is 13.8 Å². The largest absolute Gasteiger partial charge is 0.388 e. The van der Waals surface area contributed by atoms with Gasteiger partial charge in [0, 0.05) is 44.1 Å². The first-order chi connectivity index (χ1) is 8.54. The third-order valence-corrected chi connectivity index (χ3v) is 3.23. The maximum absolute atomic E-state index is 7.29. The Balaban J connectivity index is 2.69. The van der Waals surface area contributed by atoms with Crippen molar-refractivity contribution in [1.82, 2.24) is 9.36 Å². The first-order valence-corrected chi connectivity index (χ1v) is 6.72. The summed E-state index contributed by atoms with van der Waals surface area (Å²) in [6.07, 6.45) is 0.528. The molecule has 102 valence electrons. The second-order valence-electron chi connectivity index (χ2n) is 4.34. The summed E-state index contributed by atoms with van der Waals surface area (Å²) in [4.78, 5) is 6.57. The van der Waals surface area contributed by atoms with E-state index >= 15 is 0 Å². The van der Waals surface area contributed by atoms with Crippen LogP contribution < -0.4 is 10.6 Å². The summed E-state index contributed by atoms with van der Waals surface area (Å²) in [6.45, 7) is 6.16. The monoisotopic (exact) mass is 271 g/mol. The fourth-order valence-electron chi connectivity index (χ4n) is 1.35. The standard InChI is InChI=1S/C11H21N5OS/c1-8(2)10-14-11(18-15-10)16(6-7-17-3)5-4-9(12)13/h8H,4-7H2,1-3H3,(H3,12,13). The summed E-state index contributed by atoms with van der Waals surface area (Å²) in [5.41, 5.74) is 5.39. The van der Waals surface area contributed by atoms with E-state index in [0.29, 0.717) is 25.5 Å². The molecule has 0 aromatic carbocycles. The number of nitrogens with zero attached hydrogens (tertiary/aromatic N) is 3. The molecule has 0 saturated heterocycles. The molecule has 1 rings (SSSR count). The van der Waals surface area contributed by atoms with Crippen LogP contribution in [0.15, 0.2) is 0 Å². The van der Waals surface area contributed by atoms with Crippen LogP contribution in [0.1, 0.15) is 32.0 Å². The van der Waals surface area contributed by atoms with E-state index in [0.717, 1.165) is 17.5 Å².